The van der Waals surface area contributed by atoms with Gasteiger partial charge in [-0.25, -0.2) is 0 Å². The molecule has 3 aliphatic rings. The average Bonchev–Trinajstić information content (AvgIpc) is 3.35. The third-order valence-corrected chi connectivity index (χ3v) is 12.0. The molecular weight excluding hydrogens is 465 g/mol. The standard InChI is InChI=1S/C28H26S4/c1-17-23-15-5-3-4-6-16-24-18(2)30-28(32-24)26-21-13-9-7-11-19(21)25(27(29-17)31-23)20-12-8-10-14-22(20)26/h7-14H,3-6,15-16H2,1-2H3. The number of allylic oxidation sites excluding steroid dienone is 4. The Morgan fingerprint density at radius 3 is 1.25 bits per heavy atom. The average molecular weight is 491 g/mol. The van der Waals surface area contributed by atoms with E-state index in [1.807, 2.05) is 47.0 Å². The third-order valence-electron chi connectivity index (χ3n) is 6.61. The molecule has 0 radical (unpaired) electrons. The van der Waals surface area contributed by atoms with Crippen molar-refractivity contribution in [3.63, 3.8) is 0 Å². The van der Waals surface area contributed by atoms with E-state index in [1.54, 1.807) is 9.81 Å². The molecule has 0 fully saturated rings. The zero-order valence-electron chi connectivity index (χ0n) is 18.5. The van der Waals surface area contributed by atoms with Crippen LogP contribution in [-0.4, -0.2) is 0 Å². The maximum Gasteiger partial charge on any atom is 0.0577 e. The first-order valence-electron chi connectivity index (χ1n) is 11.5. The molecule has 0 saturated heterocycles. The highest BCUT2D eigenvalue weighted by molar-refractivity contribution is 8.36. The highest BCUT2D eigenvalue weighted by Gasteiger charge is 2.23. The molecule has 3 aliphatic heterocycles. The maximum atomic E-state index is 2.34. The van der Waals surface area contributed by atoms with Crippen molar-refractivity contribution in [2.75, 3.05) is 0 Å². The summed E-state index contributed by atoms with van der Waals surface area (Å²) in [6, 6.07) is 18.2. The van der Waals surface area contributed by atoms with E-state index in [9.17, 15) is 0 Å². The molecule has 0 nitrogen and oxygen atoms in total. The second-order valence-corrected chi connectivity index (χ2v) is 13.9. The minimum atomic E-state index is 1.23. The monoisotopic (exact) mass is 490 g/mol. The van der Waals surface area contributed by atoms with Crippen molar-refractivity contribution in [1.29, 1.82) is 0 Å². The second-order valence-electron chi connectivity index (χ2n) is 8.70. The molecule has 3 aromatic carbocycles. The SMILES string of the molecule is CC1=C2CCCCCCC3=C(C)SC(=c4c5ccccc5c(c5ccccc45)=C(S1)S2)S3. The van der Waals surface area contributed by atoms with Gasteiger partial charge in [-0.2, -0.15) is 0 Å². The predicted octanol–water partition coefficient (Wildman–Crippen LogP) is 8.90. The summed E-state index contributed by atoms with van der Waals surface area (Å²) < 4.78 is 2.94. The van der Waals surface area contributed by atoms with E-state index >= 15 is 0 Å². The first-order valence-corrected chi connectivity index (χ1v) is 14.8. The van der Waals surface area contributed by atoms with Crippen molar-refractivity contribution in [3.8, 4) is 0 Å². The van der Waals surface area contributed by atoms with Gasteiger partial charge in [-0.05, 0) is 80.7 Å². The van der Waals surface area contributed by atoms with E-state index in [-0.39, 0.29) is 0 Å². The zero-order chi connectivity index (χ0) is 21.7. The Bertz CT molecular complexity index is 1270. The van der Waals surface area contributed by atoms with Crippen LogP contribution in [-0.2, 0) is 0 Å². The molecule has 32 heavy (non-hydrogen) atoms. The molecule has 0 amide bonds. The molecule has 0 unspecified atom stereocenters. The molecule has 4 heteroatoms. The molecule has 0 aliphatic carbocycles. The Labute approximate surface area is 207 Å². The minimum Gasteiger partial charge on any atom is -0.0860 e. The van der Waals surface area contributed by atoms with Crippen LogP contribution in [0.3, 0.4) is 0 Å². The summed E-state index contributed by atoms with van der Waals surface area (Å²) in [5.41, 5.74) is 0. The van der Waals surface area contributed by atoms with Crippen LogP contribution in [0.15, 0.2) is 68.2 Å². The molecule has 6 bridgehead atoms. The summed E-state index contributed by atoms with van der Waals surface area (Å²) >= 11 is 8.08. The van der Waals surface area contributed by atoms with Crippen LogP contribution >= 0.6 is 47.0 Å². The Kier molecular flexibility index (Phi) is 5.91. The molecule has 0 saturated carbocycles. The Hall–Kier alpha value is -1.20. The molecule has 3 aromatic rings. The molecule has 0 N–H and O–H groups in total. The summed E-state index contributed by atoms with van der Waals surface area (Å²) in [6.07, 6.45) is 7.77. The van der Waals surface area contributed by atoms with Crippen molar-refractivity contribution in [1.82, 2.24) is 0 Å². The lowest BCUT2D eigenvalue weighted by Crippen LogP contribution is -2.16. The van der Waals surface area contributed by atoms with E-state index in [2.05, 4.69) is 62.4 Å². The van der Waals surface area contributed by atoms with E-state index in [1.165, 1.54) is 88.8 Å². The molecule has 6 rings (SSSR count). The van der Waals surface area contributed by atoms with E-state index < -0.39 is 0 Å². The number of hydrogen-bond donors (Lipinski definition) is 0. The van der Waals surface area contributed by atoms with Gasteiger partial charge in [-0.3, -0.25) is 0 Å². The first-order chi connectivity index (χ1) is 15.7. The van der Waals surface area contributed by atoms with Crippen LogP contribution in [0.2, 0.25) is 0 Å². The largest absolute Gasteiger partial charge is 0.0860 e. The predicted molar refractivity (Wildman–Crippen MR) is 151 cm³/mol. The number of hydrogen-bond acceptors (Lipinski definition) is 4. The van der Waals surface area contributed by atoms with E-state index in [0.717, 1.165) is 0 Å². The summed E-state index contributed by atoms with van der Waals surface area (Å²) in [6.45, 7) is 4.65. The zero-order valence-corrected chi connectivity index (χ0v) is 21.8. The fourth-order valence-corrected chi connectivity index (χ4v) is 10.6. The van der Waals surface area contributed by atoms with Gasteiger partial charge in [-0.1, -0.05) is 108 Å². The van der Waals surface area contributed by atoms with E-state index in [4.69, 9.17) is 0 Å². The van der Waals surface area contributed by atoms with Crippen molar-refractivity contribution in [2.45, 2.75) is 52.4 Å². The summed E-state index contributed by atoms with van der Waals surface area (Å²) in [5, 5.41) is 8.48. The Morgan fingerprint density at radius 2 is 0.875 bits per heavy atom. The highest BCUT2D eigenvalue weighted by atomic mass is 32.2. The van der Waals surface area contributed by atoms with Gasteiger partial charge in [0.1, 0.15) is 0 Å². The molecule has 3 heterocycles. The van der Waals surface area contributed by atoms with Gasteiger partial charge in [-0.15, -0.1) is 0 Å². The lowest BCUT2D eigenvalue weighted by molar-refractivity contribution is 0.648. The van der Waals surface area contributed by atoms with Gasteiger partial charge in [0.05, 0.1) is 8.47 Å². The van der Waals surface area contributed by atoms with Gasteiger partial charge in [0.2, 0.25) is 0 Å². The van der Waals surface area contributed by atoms with Gasteiger partial charge in [0, 0.05) is 10.4 Å². The third kappa shape index (κ3) is 3.68. The molecule has 0 spiro atoms. The summed E-state index contributed by atoms with van der Waals surface area (Å²) in [7, 11) is 0. The Morgan fingerprint density at radius 1 is 0.500 bits per heavy atom. The summed E-state index contributed by atoms with van der Waals surface area (Å²) in [5.74, 6) is 0. The summed E-state index contributed by atoms with van der Waals surface area (Å²) in [4.78, 5) is 6.20. The normalized spacial score (nSPS) is 19.8. The fraction of sp³-hybridized carbons (Fsp3) is 0.286. The lowest BCUT2D eigenvalue weighted by atomic mass is 9.99. The van der Waals surface area contributed by atoms with Crippen LogP contribution < -0.4 is 10.4 Å². The molecule has 162 valence electrons. The number of fused-ring (bicyclic) bond motifs is 7. The van der Waals surface area contributed by atoms with Crippen molar-refractivity contribution in [2.24, 2.45) is 0 Å². The number of rotatable bonds is 0. The smallest absolute Gasteiger partial charge is 0.0577 e. The second kappa shape index (κ2) is 8.87. The number of benzene rings is 3. The van der Waals surface area contributed by atoms with Gasteiger partial charge in [0.25, 0.3) is 0 Å². The van der Waals surface area contributed by atoms with Gasteiger partial charge in [0.15, 0.2) is 0 Å². The van der Waals surface area contributed by atoms with Crippen LogP contribution in [0.4, 0.5) is 0 Å². The molecular formula is C28H26S4. The van der Waals surface area contributed by atoms with Crippen LogP contribution in [0, 0.1) is 0 Å². The van der Waals surface area contributed by atoms with Crippen LogP contribution in [0.25, 0.3) is 30.0 Å². The molecule has 0 atom stereocenters. The maximum absolute atomic E-state index is 2.34. The van der Waals surface area contributed by atoms with E-state index in [0.29, 0.717) is 0 Å². The van der Waals surface area contributed by atoms with Crippen LogP contribution in [0.5, 0.6) is 0 Å². The van der Waals surface area contributed by atoms with Crippen molar-refractivity contribution >= 4 is 77.1 Å². The first kappa shape index (κ1) is 21.3. The van der Waals surface area contributed by atoms with Gasteiger partial charge >= 0.3 is 0 Å². The van der Waals surface area contributed by atoms with Crippen molar-refractivity contribution < 1.29 is 0 Å². The fourth-order valence-electron chi connectivity index (χ4n) is 4.95. The minimum absolute atomic E-state index is 1.23. The van der Waals surface area contributed by atoms with Crippen LogP contribution in [0.1, 0.15) is 52.4 Å². The Balaban J connectivity index is 1.74. The van der Waals surface area contributed by atoms with Crippen molar-refractivity contribution in [3.05, 3.63) is 78.6 Å². The number of thioether (sulfide) groups is 4. The highest BCUT2D eigenvalue weighted by Crippen LogP contribution is 2.53. The topological polar surface area (TPSA) is 0 Å². The molecule has 0 aromatic heterocycles. The lowest BCUT2D eigenvalue weighted by Gasteiger charge is -2.12. The van der Waals surface area contributed by atoms with Gasteiger partial charge < -0.3 is 0 Å². The quantitative estimate of drug-likeness (QED) is 0.288.